The van der Waals surface area contributed by atoms with Gasteiger partial charge in [0.25, 0.3) is 5.56 Å². The Bertz CT molecular complexity index is 877. The van der Waals surface area contributed by atoms with Gasteiger partial charge in [0.1, 0.15) is 5.69 Å². The zero-order valence-corrected chi connectivity index (χ0v) is 11.6. The van der Waals surface area contributed by atoms with Crippen molar-refractivity contribution in [2.75, 3.05) is 5.43 Å². The van der Waals surface area contributed by atoms with E-state index in [1.54, 1.807) is 13.1 Å². The summed E-state index contributed by atoms with van der Waals surface area (Å²) in [6.45, 7) is 3.57. The van der Waals surface area contributed by atoms with Crippen molar-refractivity contribution in [3.63, 3.8) is 0 Å². The summed E-state index contributed by atoms with van der Waals surface area (Å²) in [5.41, 5.74) is 5.76. The van der Waals surface area contributed by atoms with E-state index in [1.807, 2.05) is 31.2 Å². The van der Waals surface area contributed by atoms with Crippen LogP contribution >= 0.6 is 0 Å². The Morgan fingerprint density at radius 3 is 2.81 bits per heavy atom. The molecule has 1 aromatic carbocycles. The highest BCUT2D eigenvalue weighted by Crippen LogP contribution is 2.19. The van der Waals surface area contributed by atoms with Gasteiger partial charge in [-0.15, -0.1) is 10.2 Å². The van der Waals surface area contributed by atoms with E-state index in [-0.39, 0.29) is 11.5 Å². The average molecular weight is 282 g/mol. The Morgan fingerprint density at radius 1 is 1.19 bits per heavy atom. The lowest BCUT2D eigenvalue weighted by molar-refractivity contribution is 0.897. The maximum absolute atomic E-state index is 11.4. The molecule has 21 heavy (non-hydrogen) atoms. The zero-order valence-electron chi connectivity index (χ0n) is 11.6. The Labute approximate surface area is 120 Å². The van der Waals surface area contributed by atoms with Crippen LogP contribution in [0.4, 0.5) is 5.95 Å². The van der Waals surface area contributed by atoms with E-state index in [0.717, 1.165) is 22.2 Å². The zero-order chi connectivity index (χ0) is 14.8. The van der Waals surface area contributed by atoms with Crippen molar-refractivity contribution >= 4 is 23.1 Å². The first-order valence-electron chi connectivity index (χ1n) is 6.45. The number of para-hydroxylation sites is 1. The van der Waals surface area contributed by atoms with Crippen molar-refractivity contribution in [1.29, 1.82) is 0 Å². The van der Waals surface area contributed by atoms with Crippen molar-refractivity contribution < 1.29 is 0 Å². The Kier molecular flexibility index (Phi) is 3.23. The van der Waals surface area contributed by atoms with Gasteiger partial charge in [0.05, 0.1) is 6.21 Å². The molecular formula is C14H14N6O. The molecule has 7 nitrogen and oxygen atoms in total. The number of nitrogens with zero attached hydrogens (tertiary/aromatic N) is 3. The molecule has 0 bridgehead atoms. The van der Waals surface area contributed by atoms with Crippen LogP contribution in [0.25, 0.3) is 10.9 Å². The molecule has 0 unspecified atom stereocenters. The van der Waals surface area contributed by atoms with Crippen molar-refractivity contribution in [2.24, 2.45) is 5.10 Å². The molecule has 3 aromatic rings. The quantitative estimate of drug-likeness (QED) is 0.503. The summed E-state index contributed by atoms with van der Waals surface area (Å²) in [5, 5.41) is 12.7. The molecule has 3 N–H and O–H groups in total. The number of hydrogen-bond acceptors (Lipinski definition) is 5. The molecule has 0 aliphatic heterocycles. The van der Waals surface area contributed by atoms with Gasteiger partial charge < -0.3 is 4.98 Å². The highest BCUT2D eigenvalue weighted by Gasteiger charge is 2.05. The fraction of sp³-hybridized carbons (Fsp3) is 0.143. The number of aryl methyl sites for hydroxylation is 2. The van der Waals surface area contributed by atoms with Crippen LogP contribution in [0, 0.1) is 13.8 Å². The van der Waals surface area contributed by atoms with Crippen LogP contribution in [0.1, 0.15) is 17.0 Å². The van der Waals surface area contributed by atoms with E-state index < -0.39 is 0 Å². The number of benzene rings is 1. The number of aromatic amines is 2. The number of anilines is 1. The lowest BCUT2D eigenvalue weighted by Crippen LogP contribution is -2.15. The van der Waals surface area contributed by atoms with E-state index in [9.17, 15) is 4.79 Å². The number of nitrogens with one attached hydrogen (secondary N) is 3. The topological polar surface area (TPSA) is 98.8 Å². The minimum absolute atomic E-state index is 0.208. The molecule has 0 aliphatic rings. The Balaban J connectivity index is 1.86. The van der Waals surface area contributed by atoms with Crippen LogP contribution in [-0.2, 0) is 0 Å². The normalized spacial score (nSPS) is 11.3. The van der Waals surface area contributed by atoms with Crippen molar-refractivity contribution in [3.8, 4) is 0 Å². The van der Waals surface area contributed by atoms with Crippen LogP contribution < -0.4 is 11.0 Å². The smallest absolute Gasteiger partial charge is 0.274 e. The highest BCUT2D eigenvalue weighted by atomic mass is 16.1. The summed E-state index contributed by atoms with van der Waals surface area (Å²) in [6, 6.07) is 7.98. The summed E-state index contributed by atoms with van der Waals surface area (Å²) in [5.74, 6) is 0.208. The first-order valence-corrected chi connectivity index (χ1v) is 6.45. The SMILES string of the molecule is Cc1[nH]c2ccccc2c1C=NNc1nnc(C)c(=O)[nH]1. The summed E-state index contributed by atoms with van der Waals surface area (Å²) >= 11 is 0. The van der Waals surface area contributed by atoms with E-state index >= 15 is 0 Å². The number of rotatable bonds is 3. The third-order valence-corrected chi connectivity index (χ3v) is 3.17. The molecule has 106 valence electrons. The van der Waals surface area contributed by atoms with Crippen LogP contribution in [0.3, 0.4) is 0 Å². The molecule has 0 spiro atoms. The van der Waals surface area contributed by atoms with Gasteiger partial charge in [-0.1, -0.05) is 18.2 Å². The van der Waals surface area contributed by atoms with Gasteiger partial charge in [-0.3, -0.25) is 9.78 Å². The summed E-state index contributed by atoms with van der Waals surface area (Å²) in [7, 11) is 0. The fourth-order valence-corrected chi connectivity index (χ4v) is 2.07. The third kappa shape index (κ3) is 2.53. The van der Waals surface area contributed by atoms with Gasteiger partial charge in [-0.25, -0.2) is 5.43 Å². The first kappa shape index (κ1) is 13.0. The molecule has 3 rings (SSSR count). The molecule has 7 heteroatoms. The van der Waals surface area contributed by atoms with E-state index in [0.29, 0.717) is 5.69 Å². The van der Waals surface area contributed by atoms with Crippen LogP contribution in [0.5, 0.6) is 0 Å². The Hall–Kier alpha value is -2.96. The van der Waals surface area contributed by atoms with Crippen molar-refractivity contribution in [1.82, 2.24) is 20.2 Å². The Morgan fingerprint density at radius 2 is 2.00 bits per heavy atom. The second-order valence-corrected chi connectivity index (χ2v) is 4.67. The van der Waals surface area contributed by atoms with Gasteiger partial charge in [0, 0.05) is 22.2 Å². The molecule has 0 atom stereocenters. The highest BCUT2D eigenvalue weighted by molar-refractivity contribution is 6.00. The molecule has 0 saturated heterocycles. The summed E-state index contributed by atoms with van der Waals surface area (Å²) in [4.78, 5) is 17.2. The van der Waals surface area contributed by atoms with Crippen molar-refractivity contribution in [2.45, 2.75) is 13.8 Å². The molecule has 0 saturated carbocycles. The van der Waals surface area contributed by atoms with Gasteiger partial charge in [0.15, 0.2) is 0 Å². The van der Waals surface area contributed by atoms with Crippen LogP contribution in [-0.4, -0.2) is 26.4 Å². The van der Waals surface area contributed by atoms with E-state index in [4.69, 9.17) is 0 Å². The number of aromatic nitrogens is 4. The number of fused-ring (bicyclic) bond motifs is 1. The molecule has 0 fully saturated rings. The van der Waals surface area contributed by atoms with Gasteiger partial charge in [-0.2, -0.15) is 5.10 Å². The standard InChI is InChI=1S/C14H14N6O/c1-8-11(10-5-3-4-6-12(10)16-8)7-15-19-14-17-13(21)9(2)18-20-14/h3-7,16H,1-2H3,(H2,17,19,20,21). The van der Waals surface area contributed by atoms with E-state index in [1.165, 1.54) is 0 Å². The predicted molar refractivity (Wildman–Crippen MR) is 81.6 cm³/mol. The second kappa shape index (κ2) is 5.20. The van der Waals surface area contributed by atoms with Crippen LogP contribution in [0.2, 0.25) is 0 Å². The van der Waals surface area contributed by atoms with Gasteiger partial charge in [0.2, 0.25) is 5.95 Å². The van der Waals surface area contributed by atoms with E-state index in [2.05, 4.69) is 30.7 Å². The van der Waals surface area contributed by atoms with Gasteiger partial charge >= 0.3 is 0 Å². The average Bonchev–Trinajstić information content (AvgIpc) is 2.79. The van der Waals surface area contributed by atoms with Gasteiger partial charge in [-0.05, 0) is 19.9 Å². The molecular weight excluding hydrogens is 268 g/mol. The number of hydrazone groups is 1. The first-order chi connectivity index (χ1) is 10.1. The number of H-pyrrole nitrogens is 2. The maximum Gasteiger partial charge on any atom is 0.274 e. The predicted octanol–water partition coefficient (Wildman–Crippen LogP) is 1.71. The number of hydrogen-bond donors (Lipinski definition) is 3. The lowest BCUT2D eigenvalue weighted by atomic mass is 10.1. The summed E-state index contributed by atoms with van der Waals surface area (Å²) < 4.78 is 0. The third-order valence-electron chi connectivity index (χ3n) is 3.17. The molecule has 0 radical (unpaired) electrons. The minimum Gasteiger partial charge on any atom is -0.358 e. The summed E-state index contributed by atoms with van der Waals surface area (Å²) in [6.07, 6.45) is 1.69. The second-order valence-electron chi connectivity index (χ2n) is 4.67. The monoisotopic (exact) mass is 282 g/mol. The molecule has 0 aliphatic carbocycles. The molecule has 0 amide bonds. The molecule has 2 heterocycles. The molecule has 2 aromatic heterocycles. The largest absolute Gasteiger partial charge is 0.358 e. The van der Waals surface area contributed by atoms with Crippen LogP contribution in [0.15, 0.2) is 34.2 Å². The maximum atomic E-state index is 11.4. The minimum atomic E-state index is -0.286. The fourth-order valence-electron chi connectivity index (χ4n) is 2.07. The van der Waals surface area contributed by atoms with Crippen molar-refractivity contribution in [3.05, 3.63) is 51.6 Å². The lowest BCUT2D eigenvalue weighted by Gasteiger charge is -1.98.